The van der Waals surface area contributed by atoms with Crippen molar-refractivity contribution in [2.24, 2.45) is 0 Å². The maximum absolute atomic E-state index is 12.5. The Balaban J connectivity index is 1.39. The molecular formula is C26H23NO4. The zero-order chi connectivity index (χ0) is 21.8. The van der Waals surface area contributed by atoms with E-state index in [4.69, 9.17) is 9.47 Å². The second-order valence-corrected chi connectivity index (χ2v) is 7.38. The summed E-state index contributed by atoms with van der Waals surface area (Å²) >= 11 is 0. The Morgan fingerprint density at radius 1 is 0.871 bits per heavy atom. The van der Waals surface area contributed by atoms with Crippen molar-refractivity contribution in [2.75, 3.05) is 19.0 Å². The first-order valence-electron chi connectivity index (χ1n) is 10.1. The number of anilines is 1. The summed E-state index contributed by atoms with van der Waals surface area (Å²) in [5.74, 6) is -0.523. The van der Waals surface area contributed by atoms with Gasteiger partial charge in [-0.1, -0.05) is 60.7 Å². The fourth-order valence-electron chi connectivity index (χ4n) is 3.56. The Kier molecular flexibility index (Phi) is 5.85. The SMILES string of the molecule is COc1ccc2cc(C(C)C(=O)OCC(=O)Nc3cccc4ccccc34)ccc2c1. The highest BCUT2D eigenvalue weighted by atomic mass is 16.5. The van der Waals surface area contributed by atoms with Gasteiger partial charge in [0.25, 0.3) is 5.91 Å². The average Bonchev–Trinajstić information content (AvgIpc) is 2.81. The molecule has 0 aliphatic heterocycles. The number of methoxy groups -OCH3 is 1. The van der Waals surface area contributed by atoms with Crippen molar-refractivity contribution in [3.8, 4) is 5.75 Å². The second kappa shape index (κ2) is 8.88. The number of amides is 1. The Labute approximate surface area is 180 Å². The smallest absolute Gasteiger partial charge is 0.313 e. The van der Waals surface area contributed by atoms with Crippen LogP contribution in [0.5, 0.6) is 5.75 Å². The van der Waals surface area contributed by atoms with Gasteiger partial charge in [0.15, 0.2) is 6.61 Å². The Hall–Kier alpha value is -3.86. The molecule has 1 atom stereocenters. The van der Waals surface area contributed by atoms with Crippen molar-refractivity contribution in [1.82, 2.24) is 0 Å². The molecule has 4 aromatic carbocycles. The summed E-state index contributed by atoms with van der Waals surface area (Å²) in [5, 5.41) is 6.82. The van der Waals surface area contributed by atoms with Gasteiger partial charge in [0.05, 0.1) is 13.0 Å². The van der Waals surface area contributed by atoms with Crippen molar-refractivity contribution >= 4 is 39.1 Å². The van der Waals surface area contributed by atoms with Gasteiger partial charge in [-0.2, -0.15) is 0 Å². The van der Waals surface area contributed by atoms with Crippen LogP contribution in [0.4, 0.5) is 5.69 Å². The standard InChI is InChI=1S/C26H23NO4/c1-17(19-10-11-21-15-22(30-2)13-12-20(21)14-19)26(29)31-16-25(28)27-24-9-5-7-18-6-3-4-8-23(18)24/h3-15,17H,16H2,1-2H3,(H,27,28). The lowest BCUT2D eigenvalue weighted by atomic mass is 9.98. The topological polar surface area (TPSA) is 64.6 Å². The third-order valence-electron chi connectivity index (χ3n) is 5.33. The fourth-order valence-corrected chi connectivity index (χ4v) is 3.56. The number of fused-ring (bicyclic) bond motifs is 2. The van der Waals surface area contributed by atoms with Crippen molar-refractivity contribution < 1.29 is 19.1 Å². The lowest BCUT2D eigenvalue weighted by Crippen LogP contribution is -2.23. The highest BCUT2D eigenvalue weighted by molar-refractivity contribution is 6.02. The number of hydrogen-bond acceptors (Lipinski definition) is 4. The molecule has 156 valence electrons. The number of esters is 1. The van der Waals surface area contributed by atoms with Crippen LogP contribution < -0.4 is 10.1 Å². The highest BCUT2D eigenvalue weighted by Gasteiger charge is 2.19. The highest BCUT2D eigenvalue weighted by Crippen LogP contribution is 2.26. The number of ether oxygens (including phenoxy) is 2. The average molecular weight is 413 g/mol. The van der Waals surface area contributed by atoms with Crippen LogP contribution in [0.15, 0.2) is 78.9 Å². The van der Waals surface area contributed by atoms with Crippen LogP contribution in [0.2, 0.25) is 0 Å². The molecule has 1 amide bonds. The quantitative estimate of drug-likeness (QED) is 0.437. The van der Waals surface area contributed by atoms with E-state index >= 15 is 0 Å². The predicted molar refractivity (Wildman–Crippen MR) is 122 cm³/mol. The summed E-state index contributed by atoms with van der Waals surface area (Å²) in [6.45, 7) is 1.44. The summed E-state index contributed by atoms with van der Waals surface area (Å²) in [4.78, 5) is 24.9. The fraction of sp³-hybridized carbons (Fsp3) is 0.154. The summed E-state index contributed by atoms with van der Waals surface area (Å²) < 4.78 is 10.5. The van der Waals surface area contributed by atoms with Crippen LogP contribution in [0, 0.1) is 0 Å². The number of hydrogen-bond donors (Lipinski definition) is 1. The first-order chi connectivity index (χ1) is 15.0. The van der Waals surface area contributed by atoms with Gasteiger partial charge in [0.1, 0.15) is 5.75 Å². The molecule has 0 bridgehead atoms. The molecule has 0 aromatic heterocycles. The number of carbonyl (C=O) groups is 2. The van der Waals surface area contributed by atoms with Crippen molar-refractivity contribution in [1.29, 1.82) is 0 Å². The van der Waals surface area contributed by atoms with Gasteiger partial charge in [0, 0.05) is 11.1 Å². The predicted octanol–water partition coefficient (Wildman–Crippen LogP) is 5.29. The minimum Gasteiger partial charge on any atom is -0.497 e. The summed E-state index contributed by atoms with van der Waals surface area (Å²) in [6, 6.07) is 25.0. The number of carbonyl (C=O) groups excluding carboxylic acids is 2. The molecule has 0 saturated heterocycles. The molecule has 31 heavy (non-hydrogen) atoms. The van der Waals surface area contributed by atoms with Gasteiger partial charge in [-0.05, 0) is 46.8 Å². The van der Waals surface area contributed by atoms with E-state index in [9.17, 15) is 9.59 Å². The van der Waals surface area contributed by atoms with Crippen LogP contribution in [0.1, 0.15) is 18.4 Å². The van der Waals surface area contributed by atoms with Gasteiger partial charge in [-0.3, -0.25) is 9.59 Å². The van der Waals surface area contributed by atoms with E-state index < -0.39 is 11.9 Å². The molecule has 4 aromatic rings. The summed E-state index contributed by atoms with van der Waals surface area (Å²) in [5.41, 5.74) is 1.52. The third kappa shape index (κ3) is 4.51. The zero-order valence-electron chi connectivity index (χ0n) is 17.4. The van der Waals surface area contributed by atoms with E-state index in [1.54, 1.807) is 14.0 Å². The van der Waals surface area contributed by atoms with E-state index in [-0.39, 0.29) is 12.5 Å². The Bertz CT molecular complexity index is 1260. The van der Waals surface area contributed by atoms with Crippen LogP contribution in [0.25, 0.3) is 21.5 Å². The summed E-state index contributed by atoms with van der Waals surface area (Å²) in [7, 11) is 1.63. The zero-order valence-corrected chi connectivity index (χ0v) is 17.4. The number of benzene rings is 4. The largest absolute Gasteiger partial charge is 0.497 e. The van der Waals surface area contributed by atoms with E-state index in [1.807, 2.05) is 78.9 Å². The van der Waals surface area contributed by atoms with Gasteiger partial charge < -0.3 is 14.8 Å². The Morgan fingerprint density at radius 2 is 1.61 bits per heavy atom. The monoisotopic (exact) mass is 413 g/mol. The molecule has 1 N–H and O–H groups in total. The molecule has 0 aliphatic rings. The molecule has 0 heterocycles. The molecule has 0 spiro atoms. The maximum Gasteiger partial charge on any atom is 0.313 e. The first kappa shape index (κ1) is 20.4. The van der Waals surface area contributed by atoms with Crippen LogP contribution in [0.3, 0.4) is 0 Å². The van der Waals surface area contributed by atoms with Crippen LogP contribution >= 0.6 is 0 Å². The lowest BCUT2D eigenvalue weighted by Gasteiger charge is -2.13. The van der Waals surface area contributed by atoms with Crippen molar-refractivity contribution in [2.45, 2.75) is 12.8 Å². The minimum absolute atomic E-state index is 0.336. The normalized spacial score (nSPS) is 11.8. The van der Waals surface area contributed by atoms with E-state index in [1.165, 1.54) is 0 Å². The number of rotatable bonds is 6. The van der Waals surface area contributed by atoms with Crippen molar-refractivity contribution in [3.63, 3.8) is 0 Å². The summed E-state index contributed by atoms with van der Waals surface area (Å²) in [6.07, 6.45) is 0. The molecule has 0 aliphatic carbocycles. The second-order valence-electron chi connectivity index (χ2n) is 7.38. The molecule has 0 saturated carbocycles. The van der Waals surface area contributed by atoms with Gasteiger partial charge in [-0.25, -0.2) is 0 Å². The molecule has 5 heteroatoms. The first-order valence-corrected chi connectivity index (χ1v) is 10.1. The Morgan fingerprint density at radius 3 is 2.45 bits per heavy atom. The van der Waals surface area contributed by atoms with Crippen LogP contribution in [-0.4, -0.2) is 25.6 Å². The van der Waals surface area contributed by atoms with Gasteiger partial charge >= 0.3 is 5.97 Å². The van der Waals surface area contributed by atoms with E-state index in [0.717, 1.165) is 32.9 Å². The van der Waals surface area contributed by atoms with Crippen molar-refractivity contribution in [3.05, 3.63) is 84.4 Å². The number of nitrogens with one attached hydrogen (secondary N) is 1. The third-order valence-corrected chi connectivity index (χ3v) is 5.33. The van der Waals surface area contributed by atoms with Crippen LogP contribution in [-0.2, 0) is 14.3 Å². The molecular weight excluding hydrogens is 390 g/mol. The minimum atomic E-state index is -0.489. The van der Waals surface area contributed by atoms with E-state index in [0.29, 0.717) is 5.69 Å². The molecule has 1 unspecified atom stereocenters. The van der Waals surface area contributed by atoms with E-state index in [2.05, 4.69) is 5.32 Å². The van der Waals surface area contributed by atoms with Gasteiger partial charge in [0.2, 0.25) is 0 Å². The lowest BCUT2D eigenvalue weighted by molar-refractivity contribution is -0.148. The molecule has 4 rings (SSSR count). The van der Waals surface area contributed by atoms with Gasteiger partial charge in [-0.15, -0.1) is 0 Å². The maximum atomic E-state index is 12.5. The molecule has 0 fully saturated rings. The molecule has 5 nitrogen and oxygen atoms in total. The molecule has 0 radical (unpaired) electrons.